The van der Waals surface area contributed by atoms with E-state index >= 15 is 0 Å². The van der Waals surface area contributed by atoms with Gasteiger partial charge in [-0.3, -0.25) is 54.7 Å². The predicted molar refractivity (Wildman–Crippen MR) is 237 cm³/mol. The number of carbonyl (C=O) groups is 1. The zero-order valence-corrected chi connectivity index (χ0v) is 41.0. The molecule has 0 spiro atoms. The summed E-state index contributed by atoms with van der Waals surface area (Å²) in [4.78, 5) is 9.79. The molecule has 4 aliphatic rings. The average molecular weight is 853 g/mol. The van der Waals surface area contributed by atoms with Crippen molar-refractivity contribution in [2.24, 2.45) is 44.8 Å². The molecule has 4 saturated carbocycles. The standard InChI is InChI=1S/3C7H16N4.C5H8O.C3H10N2.C2H10N4.2CN.CH4.2B.2Na/c3*1-8-10-6-11-9-5-7-3-2-4-7;6-4-5-2-1-3-5;1-3-5-4-2;1-4-6-2-5-3;2*1-2;;;;;/h3*5,7-8,10-11H,2-4,6H2,1H3;4-5H,1-3H2;4-5H,3H2,1-2H3;4-6H,2-3H2,1H3;;;1H4;;;;/q;;;;;;2*-1;;;;2*+1/b3*9-5+;;;;;;;;;;. The third kappa shape index (κ3) is 66.0. The fourth-order valence-electron chi connectivity index (χ4n) is 3.65. The summed E-state index contributed by atoms with van der Waals surface area (Å²) in [6, 6.07) is 0. The van der Waals surface area contributed by atoms with E-state index in [2.05, 4.69) is 91.3 Å². The first kappa shape index (κ1) is 78.2. The molecule has 0 atom stereocenters. The van der Waals surface area contributed by atoms with Crippen LogP contribution in [0.2, 0.25) is 0 Å². The molecular formula is C34H80B2N20Na2O. The number of nitrogens with two attached hydrogens (primary N) is 1. The molecule has 0 bridgehead atoms. The van der Waals surface area contributed by atoms with E-state index in [0.29, 0.717) is 32.6 Å². The molecule has 25 heteroatoms. The largest absolute Gasteiger partial charge is 1.00 e. The van der Waals surface area contributed by atoms with Gasteiger partial charge in [-0.15, -0.1) is 0 Å². The normalized spacial score (nSPS) is 14.4. The van der Waals surface area contributed by atoms with Crippen LogP contribution in [0.5, 0.6) is 0 Å². The van der Waals surface area contributed by atoms with Gasteiger partial charge in [0.25, 0.3) is 0 Å². The number of hydrazine groups is 6. The minimum Gasteiger partial charge on any atom is -0.512 e. The van der Waals surface area contributed by atoms with E-state index in [9.17, 15) is 4.79 Å². The number of aldehydes is 1. The minimum atomic E-state index is 0. The Morgan fingerprint density at radius 1 is 0.525 bits per heavy atom. The molecule has 4 fully saturated rings. The predicted octanol–water partition coefficient (Wildman–Crippen LogP) is -6.95. The third-order valence-corrected chi connectivity index (χ3v) is 7.68. The Morgan fingerprint density at radius 2 is 0.780 bits per heavy atom. The minimum absolute atomic E-state index is 0. The summed E-state index contributed by atoms with van der Waals surface area (Å²) in [6.07, 6.45) is 22.6. The van der Waals surface area contributed by atoms with Gasteiger partial charge in [0, 0.05) is 47.9 Å². The number of carbonyl (C=O) groups excluding carboxylic acids is 1. The number of hydrazone groups is 3. The van der Waals surface area contributed by atoms with Crippen LogP contribution in [0.4, 0.5) is 0 Å². The molecule has 6 radical (unpaired) electrons. The van der Waals surface area contributed by atoms with Gasteiger partial charge < -0.3 is 28.5 Å². The van der Waals surface area contributed by atoms with Crippen LogP contribution in [0.15, 0.2) is 15.3 Å². The van der Waals surface area contributed by atoms with Crippen LogP contribution in [-0.2, 0) is 4.79 Å². The monoisotopic (exact) mass is 853 g/mol. The molecule has 0 unspecified atom stereocenters. The molecule has 0 aromatic rings. The first-order valence-electron chi connectivity index (χ1n) is 18.7. The van der Waals surface area contributed by atoms with Crippen molar-refractivity contribution in [3.8, 4) is 0 Å². The van der Waals surface area contributed by atoms with Crippen molar-refractivity contribution in [2.45, 2.75) is 91.4 Å². The van der Waals surface area contributed by atoms with Gasteiger partial charge in [-0.05, 0) is 104 Å². The quantitative estimate of drug-likeness (QED) is 0.00746. The second-order valence-electron chi connectivity index (χ2n) is 11.6. The Bertz CT molecular complexity index is 774. The second-order valence-corrected chi connectivity index (χ2v) is 11.6. The molecule has 59 heavy (non-hydrogen) atoms. The van der Waals surface area contributed by atoms with Gasteiger partial charge in [0.05, 0.1) is 26.7 Å². The van der Waals surface area contributed by atoms with E-state index in [1.165, 1.54) is 64.2 Å². The zero-order chi connectivity index (χ0) is 41.2. The first-order valence-corrected chi connectivity index (χ1v) is 18.7. The Labute approximate surface area is 407 Å². The van der Waals surface area contributed by atoms with Gasteiger partial charge in [0.2, 0.25) is 0 Å². The number of nitrogens with one attached hydrogen (secondary N) is 14. The number of hydrogen-bond acceptors (Lipinski definition) is 21. The Balaban J connectivity index is -0.0000000717. The van der Waals surface area contributed by atoms with Crippen LogP contribution < -0.4 is 141 Å². The van der Waals surface area contributed by atoms with Gasteiger partial charge in [0.15, 0.2) is 0 Å². The third-order valence-electron chi connectivity index (χ3n) is 7.68. The summed E-state index contributed by atoms with van der Waals surface area (Å²) in [5.74, 6) is 7.50. The van der Waals surface area contributed by atoms with E-state index in [1.807, 2.05) is 53.8 Å². The van der Waals surface area contributed by atoms with Crippen molar-refractivity contribution in [1.29, 1.82) is 10.5 Å². The first-order chi connectivity index (χ1) is 26.6. The summed E-state index contributed by atoms with van der Waals surface area (Å²) in [6.45, 7) is 15.1. The Hall–Kier alpha value is -1.29. The average Bonchev–Trinajstić information content (AvgIpc) is 3.12. The number of hydrogen-bond donors (Lipinski definition) is 15. The van der Waals surface area contributed by atoms with Crippen LogP contribution >= 0.6 is 0 Å². The molecular weight excluding hydrogens is 772 g/mol. The van der Waals surface area contributed by atoms with Gasteiger partial charge in [-0.2, -0.15) is 15.3 Å². The van der Waals surface area contributed by atoms with Crippen LogP contribution in [-0.4, -0.2) is 110 Å². The van der Waals surface area contributed by atoms with E-state index in [0.717, 1.165) is 43.4 Å². The van der Waals surface area contributed by atoms with Crippen molar-refractivity contribution in [2.75, 3.05) is 68.5 Å². The maximum Gasteiger partial charge on any atom is 1.00 e. The van der Waals surface area contributed by atoms with Crippen LogP contribution in [0.25, 0.3) is 0 Å². The van der Waals surface area contributed by atoms with Gasteiger partial charge in [-0.1, -0.05) is 40.0 Å². The molecule has 0 aromatic heterocycles. The van der Waals surface area contributed by atoms with Crippen molar-refractivity contribution >= 4 is 41.8 Å². The number of nitrogens with zero attached hydrogens (tertiary/aromatic N) is 5. The summed E-state index contributed by atoms with van der Waals surface area (Å²) < 4.78 is 0. The van der Waals surface area contributed by atoms with Crippen LogP contribution in [0, 0.1) is 47.3 Å². The maximum atomic E-state index is 9.79. The summed E-state index contributed by atoms with van der Waals surface area (Å²) in [5.41, 5.74) is 39.1. The fourth-order valence-corrected chi connectivity index (χ4v) is 3.65. The maximum absolute atomic E-state index is 9.79. The van der Waals surface area contributed by atoms with E-state index in [4.69, 9.17) is 29.5 Å². The fraction of sp³-hybridized carbons (Fsp3) is 0.824. The van der Waals surface area contributed by atoms with Gasteiger partial charge in [0.1, 0.15) is 6.29 Å². The van der Waals surface area contributed by atoms with E-state index in [1.54, 1.807) is 7.05 Å². The molecule has 0 aromatic carbocycles. The summed E-state index contributed by atoms with van der Waals surface area (Å²) in [5, 5.41) is 24.7. The Kier molecular flexibility index (Phi) is 98.3. The molecule has 16 N–H and O–H groups in total. The SMILES string of the molecule is C.CCNNC.CNNCN/N=C/C1CCC1.CNNCN/N=C/C1CCC1.CNNCN/N=C/C1CCC1.CNNCNN.O=CC1CCC1.[B].[B].[C-]#N.[C-]#N.[Na+].[Na+]. The molecule has 330 valence electrons. The summed E-state index contributed by atoms with van der Waals surface area (Å²) >= 11 is 0. The van der Waals surface area contributed by atoms with Crippen molar-refractivity contribution in [3.05, 3.63) is 13.1 Å². The van der Waals surface area contributed by atoms with E-state index < -0.39 is 0 Å². The topological polar surface area (TPSA) is 296 Å². The molecule has 0 heterocycles. The summed E-state index contributed by atoms with van der Waals surface area (Å²) in [7, 11) is 9.12. The Morgan fingerprint density at radius 3 is 0.898 bits per heavy atom. The molecule has 0 aliphatic heterocycles. The molecule has 21 nitrogen and oxygen atoms in total. The number of rotatable bonds is 21. The van der Waals surface area contributed by atoms with E-state index in [-0.39, 0.29) is 83.4 Å². The van der Waals surface area contributed by atoms with Gasteiger partial charge >= 0.3 is 59.1 Å². The molecule has 0 saturated heterocycles. The van der Waals surface area contributed by atoms with Crippen molar-refractivity contribution in [1.82, 2.24) is 76.0 Å². The molecule has 4 aliphatic carbocycles. The van der Waals surface area contributed by atoms with Gasteiger partial charge in [-0.25, -0.2) is 27.1 Å². The molecule has 4 rings (SSSR count). The van der Waals surface area contributed by atoms with Crippen molar-refractivity contribution < 1.29 is 63.9 Å². The zero-order valence-electron chi connectivity index (χ0n) is 37.0. The van der Waals surface area contributed by atoms with Crippen LogP contribution in [0.3, 0.4) is 0 Å². The second kappa shape index (κ2) is 74.2. The molecule has 0 amide bonds. The van der Waals surface area contributed by atoms with Crippen molar-refractivity contribution in [3.63, 3.8) is 0 Å². The smallest absolute Gasteiger partial charge is 0.512 e. The van der Waals surface area contributed by atoms with Crippen LogP contribution in [0.1, 0.15) is 91.4 Å².